The molecule has 1 unspecified atom stereocenters. The van der Waals surface area contributed by atoms with Crippen LogP contribution in [0.4, 0.5) is 19.2 Å². The molecule has 2 rings (SSSR count). The number of carbonyl (C=O) groups is 1. The molecule has 0 aromatic carbocycles. The molecular formula is C11H13F3N2O3. The van der Waals surface area contributed by atoms with Gasteiger partial charge in [-0.15, -0.1) is 0 Å². The van der Waals surface area contributed by atoms with Gasteiger partial charge in [-0.1, -0.05) is 0 Å². The molecule has 0 amide bonds. The summed E-state index contributed by atoms with van der Waals surface area (Å²) in [5, 5.41) is 8.83. The fourth-order valence-corrected chi connectivity index (χ4v) is 2.13. The summed E-state index contributed by atoms with van der Waals surface area (Å²) < 4.78 is 43.0. The van der Waals surface area contributed by atoms with Gasteiger partial charge in [-0.3, -0.25) is 0 Å². The van der Waals surface area contributed by atoms with Gasteiger partial charge in [-0.25, -0.2) is 4.79 Å². The highest BCUT2D eigenvalue weighted by Crippen LogP contribution is 2.34. The Hall–Kier alpha value is -1.73. The monoisotopic (exact) mass is 278 g/mol. The molecule has 1 fully saturated rings. The van der Waals surface area contributed by atoms with E-state index in [0.717, 1.165) is 0 Å². The van der Waals surface area contributed by atoms with Crippen molar-refractivity contribution in [1.82, 2.24) is 4.98 Å². The first-order valence-corrected chi connectivity index (χ1v) is 5.81. The predicted octanol–water partition coefficient (Wildman–Crippen LogP) is 2.46. The van der Waals surface area contributed by atoms with E-state index >= 15 is 0 Å². The maximum absolute atomic E-state index is 12.7. The van der Waals surface area contributed by atoms with Gasteiger partial charge >= 0.3 is 12.1 Å². The molecule has 1 aliphatic heterocycles. The zero-order valence-electron chi connectivity index (χ0n) is 10.2. The molecular weight excluding hydrogens is 265 g/mol. The molecule has 106 valence electrons. The van der Waals surface area contributed by atoms with Gasteiger partial charge < -0.3 is 14.4 Å². The number of oxazole rings is 1. The average molecular weight is 278 g/mol. The third-order valence-electron chi connectivity index (χ3n) is 3.13. The SMILES string of the molecule is Cc1nc(N2CCCC(C(F)(F)F)C2)oc1C(=O)O. The topological polar surface area (TPSA) is 66.6 Å². The summed E-state index contributed by atoms with van der Waals surface area (Å²) in [6.45, 7) is 1.58. The van der Waals surface area contributed by atoms with Crippen LogP contribution < -0.4 is 4.90 Å². The minimum Gasteiger partial charge on any atom is -0.475 e. The van der Waals surface area contributed by atoms with E-state index < -0.39 is 18.1 Å². The Balaban J connectivity index is 2.18. The lowest BCUT2D eigenvalue weighted by molar-refractivity contribution is -0.176. The van der Waals surface area contributed by atoms with E-state index in [4.69, 9.17) is 9.52 Å². The lowest BCUT2D eigenvalue weighted by Gasteiger charge is -2.32. The fourth-order valence-electron chi connectivity index (χ4n) is 2.13. The van der Waals surface area contributed by atoms with Crippen LogP contribution in [0, 0.1) is 12.8 Å². The lowest BCUT2D eigenvalue weighted by atomic mass is 9.98. The number of carboxylic acid groups (broad SMARTS) is 1. The third-order valence-corrected chi connectivity index (χ3v) is 3.13. The average Bonchev–Trinajstić information content (AvgIpc) is 2.70. The van der Waals surface area contributed by atoms with Crippen LogP contribution in [0.5, 0.6) is 0 Å². The van der Waals surface area contributed by atoms with Crippen LogP contribution in [0.15, 0.2) is 4.42 Å². The number of hydrogen-bond acceptors (Lipinski definition) is 4. The number of alkyl halides is 3. The van der Waals surface area contributed by atoms with Crippen LogP contribution in [-0.4, -0.2) is 35.3 Å². The van der Waals surface area contributed by atoms with Gasteiger partial charge in [0, 0.05) is 13.1 Å². The van der Waals surface area contributed by atoms with Crippen LogP contribution in [0.25, 0.3) is 0 Å². The van der Waals surface area contributed by atoms with Gasteiger partial charge in [-0.2, -0.15) is 18.2 Å². The van der Waals surface area contributed by atoms with E-state index in [0.29, 0.717) is 13.0 Å². The number of piperidine rings is 1. The maximum atomic E-state index is 12.7. The standard InChI is InChI=1S/C11H13F3N2O3/c1-6-8(9(17)18)19-10(15-6)16-4-2-3-7(5-16)11(12,13)14/h7H,2-5H2,1H3,(H,17,18). The summed E-state index contributed by atoms with van der Waals surface area (Å²) >= 11 is 0. The smallest absolute Gasteiger partial charge is 0.393 e. The quantitative estimate of drug-likeness (QED) is 0.900. The van der Waals surface area contributed by atoms with Crippen molar-refractivity contribution in [3.8, 4) is 0 Å². The van der Waals surface area contributed by atoms with E-state index in [1.807, 2.05) is 0 Å². The van der Waals surface area contributed by atoms with Gasteiger partial charge in [0.15, 0.2) is 0 Å². The van der Waals surface area contributed by atoms with Crippen molar-refractivity contribution in [2.75, 3.05) is 18.0 Å². The van der Waals surface area contributed by atoms with Crippen molar-refractivity contribution < 1.29 is 27.5 Å². The molecule has 1 aromatic rings. The number of aryl methyl sites for hydroxylation is 1. The van der Waals surface area contributed by atoms with Gasteiger partial charge in [0.2, 0.25) is 5.76 Å². The molecule has 0 bridgehead atoms. The van der Waals surface area contributed by atoms with Gasteiger partial charge in [0.25, 0.3) is 6.01 Å². The molecule has 1 aliphatic rings. The van der Waals surface area contributed by atoms with Crippen LogP contribution in [0.2, 0.25) is 0 Å². The molecule has 8 heteroatoms. The number of hydrogen-bond donors (Lipinski definition) is 1. The molecule has 2 heterocycles. The highest BCUT2D eigenvalue weighted by molar-refractivity contribution is 5.85. The Labute approximate surface area is 107 Å². The molecule has 1 saturated heterocycles. The molecule has 0 radical (unpaired) electrons. The number of aromatic nitrogens is 1. The van der Waals surface area contributed by atoms with E-state index in [2.05, 4.69) is 4.98 Å². The first-order valence-electron chi connectivity index (χ1n) is 5.81. The first-order chi connectivity index (χ1) is 8.79. The van der Waals surface area contributed by atoms with Crippen molar-refractivity contribution >= 4 is 12.0 Å². The van der Waals surface area contributed by atoms with Crippen molar-refractivity contribution in [3.63, 3.8) is 0 Å². The molecule has 1 atom stereocenters. The summed E-state index contributed by atoms with van der Waals surface area (Å²) in [5.41, 5.74) is 0.164. The van der Waals surface area contributed by atoms with Gasteiger partial charge in [0.05, 0.1) is 11.6 Å². The second-order valence-corrected chi connectivity index (χ2v) is 4.54. The summed E-state index contributed by atoms with van der Waals surface area (Å²) in [6, 6.07) is -0.0520. The van der Waals surface area contributed by atoms with Crippen molar-refractivity contribution in [2.24, 2.45) is 5.92 Å². The molecule has 1 N–H and O–H groups in total. The lowest BCUT2D eigenvalue weighted by Crippen LogP contribution is -2.41. The molecule has 19 heavy (non-hydrogen) atoms. The second kappa shape index (κ2) is 4.75. The van der Waals surface area contributed by atoms with Crippen molar-refractivity contribution in [2.45, 2.75) is 25.9 Å². The molecule has 0 saturated carbocycles. The zero-order chi connectivity index (χ0) is 14.2. The summed E-state index contributed by atoms with van der Waals surface area (Å²) in [6.07, 6.45) is -3.81. The third kappa shape index (κ3) is 2.82. The highest BCUT2D eigenvalue weighted by atomic mass is 19.4. The van der Waals surface area contributed by atoms with Crippen molar-refractivity contribution in [1.29, 1.82) is 0 Å². The minimum atomic E-state index is -4.25. The first kappa shape index (κ1) is 13.7. The van der Waals surface area contributed by atoms with Crippen LogP contribution in [-0.2, 0) is 0 Å². The summed E-state index contributed by atoms with van der Waals surface area (Å²) in [5.74, 6) is -3.04. The molecule has 1 aromatic heterocycles. The van der Waals surface area contributed by atoms with Gasteiger partial charge in [0.1, 0.15) is 0 Å². The number of carboxylic acids is 1. The molecule has 0 aliphatic carbocycles. The predicted molar refractivity (Wildman–Crippen MR) is 59.2 cm³/mol. The van der Waals surface area contributed by atoms with E-state index in [1.54, 1.807) is 0 Å². The Bertz CT molecular complexity index is 484. The number of halogens is 3. The Morgan fingerprint density at radius 1 is 1.53 bits per heavy atom. The van der Waals surface area contributed by atoms with Crippen LogP contribution in [0.1, 0.15) is 29.1 Å². The Morgan fingerprint density at radius 3 is 2.74 bits per heavy atom. The Morgan fingerprint density at radius 2 is 2.21 bits per heavy atom. The number of nitrogens with zero attached hydrogens (tertiary/aromatic N) is 2. The zero-order valence-corrected chi connectivity index (χ0v) is 10.2. The summed E-state index contributed by atoms with van der Waals surface area (Å²) in [7, 11) is 0. The number of anilines is 1. The van der Waals surface area contributed by atoms with Crippen molar-refractivity contribution in [3.05, 3.63) is 11.5 Å². The second-order valence-electron chi connectivity index (χ2n) is 4.54. The highest BCUT2D eigenvalue weighted by Gasteiger charge is 2.42. The van der Waals surface area contributed by atoms with E-state index in [9.17, 15) is 18.0 Å². The molecule has 0 spiro atoms. The van der Waals surface area contributed by atoms with E-state index in [1.165, 1.54) is 11.8 Å². The van der Waals surface area contributed by atoms with E-state index in [-0.39, 0.29) is 30.4 Å². The molecule has 5 nitrogen and oxygen atoms in total. The fraction of sp³-hybridized carbons (Fsp3) is 0.636. The van der Waals surface area contributed by atoms with Gasteiger partial charge in [-0.05, 0) is 19.8 Å². The normalized spacial score (nSPS) is 20.6. The number of rotatable bonds is 2. The number of aromatic carboxylic acids is 1. The summed E-state index contributed by atoms with van der Waals surface area (Å²) in [4.78, 5) is 16.0. The van der Waals surface area contributed by atoms with Crippen LogP contribution >= 0.6 is 0 Å². The minimum absolute atomic E-state index is 0.0520. The Kier molecular flexibility index (Phi) is 3.42. The largest absolute Gasteiger partial charge is 0.475 e. The maximum Gasteiger partial charge on any atom is 0.393 e. The van der Waals surface area contributed by atoms with Crippen LogP contribution in [0.3, 0.4) is 0 Å².